The summed E-state index contributed by atoms with van der Waals surface area (Å²) in [7, 11) is 0. The van der Waals surface area contributed by atoms with E-state index in [1.807, 2.05) is 25.1 Å². The highest BCUT2D eigenvalue weighted by atomic mass is 79.9. The molecule has 20 heavy (non-hydrogen) atoms. The number of hydrogen-bond donors (Lipinski definition) is 3. The van der Waals surface area contributed by atoms with Crippen molar-refractivity contribution in [3.63, 3.8) is 0 Å². The summed E-state index contributed by atoms with van der Waals surface area (Å²) in [6, 6.07) is 9.06. The molecule has 0 spiro atoms. The van der Waals surface area contributed by atoms with Crippen molar-refractivity contribution in [1.82, 2.24) is 4.98 Å². The number of hydrogen-bond acceptors (Lipinski definition) is 2. The lowest BCUT2D eigenvalue weighted by Crippen LogP contribution is -2.03. The van der Waals surface area contributed by atoms with Gasteiger partial charge < -0.3 is 15.4 Å². The van der Waals surface area contributed by atoms with Crippen molar-refractivity contribution in [3.8, 4) is 0 Å². The molecule has 5 nitrogen and oxygen atoms in total. The van der Waals surface area contributed by atoms with Gasteiger partial charge in [0.1, 0.15) is 5.69 Å². The summed E-state index contributed by atoms with van der Waals surface area (Å²) in [5.74, 6) is -0.832. The number of H-pyrrole nitrogens is 1. The molecular formula is C14H13BrN2O3. The Bertz CT molecular complexity index is 664. The van der Waals surface area contributed by atoms with Gasteiger partial charge in [-0.3, -0.25) is 4.79 Å². The van der Waals surface area contributed by atoms with Crippen LogP contribution in [0, 0.1) is 6.92 Å². The average molecular weight is 337 g/mol. The number of aromatic carboxylic acids is 1. The summed E-state index contributed by atoms with van der Waals surface area (Å²) in [5.41, 5.74) is 3.13. The maximum Gasteiger partial charge on any atom is 0.352 e. The molecule has 104 valence electrons. The lowest BCUT2D eigenvalue weighted by Gasteiger charge is -1.96. The van der Waals surface area contributed by atoms with Crippen LogP contribution in [0.3, 0.4) is 0 Å². The van der Waals surface area contributed by atoms with Crippen LogP contribution >= 0.6 is 15.9 Å². The minimum absolute atomic E-state index is 0.0816. The summed E-state index contributed by atoms with van der Waals surface area (Å²) in [6.07, 6.45) is 0.509. The van der Waals surface area contributed by atoms with Crippen LogP contribution in [0.5, 0.6) is 0 Å². The number of rotatable bonds is 1. The molecule has 0 saturated carbocycles. The highest BCUT2D eigenvalue weighted by Gasteiger charge is 2.16. The Hall–Kier alpha value is -2.08. The van der Waals surface area contributed by atoms with E-state index in [4.69, 9.17) is 5.11 Å². The van der Waals surface area contributed by atoms with E-state index >= 15 is 0 Å². The van der Waals surface area contributed by atoms with Crippen LogP contribution < -0.4 is 5.32 Å². The fourth-order valence-corrected chi connectivity index (χ4v) is 2.24. The number of carboxylic acid groups (broad SMARTS) is 1. The Balaban J connectivity index is 0.000000151. The van der Waals surface area contributed by atoms with Gasteiger partial charge in [-0.05, 0) is 42.8 Å². The van der Waals surface area contributed by atoms with Gasteiger partial charge in [0, 0.05) is 15.9 Å². The topological polar surface area (TPSA) is 82.2 Å². The molecule has 1 aromatic heterocycles. The van der Waals surface area contributed by atoms with Crippen molar-refractivity contribution in [3.05, 3.63) is 51.8 Å². The third-order valence-corrected chi connectivity index (χ3v) is 3.25. The first kappa shape index (κ1) is 14.3. The lowest BCUT2D eigenvalue weighted by molar-refractivity contribution is -0.115. The smallest absolute Gasteiger partial charge is 0.352 e. The van der Waals surface area contributed by atoms with Gasteiger partial charge in [-0.2, -0.15) is 0 Å². The van der Waals surface area contributed by atoms with Gasteiger partial charge in [-0.25, -0.2) is 4.79 Å². The fourth-order valence-electron chi connectivity index (χ4n) is 1.83. The lowest BCUT2D eigenvalue weighted by atomic mass is 10.2. The first-order valence-corrected chi connectivity index (χ1v) is 6.72. The summed E-state index contributed by atoms with van der Waals surface area (Å²) < 4.78 is 1.02. The fraction of sp³-hybridized carbons (Fsp3) is 0.143. The molecule has 0 fully saturated rings. The van der Waals surface area contributed by atoms with Crippen molar-refractivity contribution < 1.29 is 14.7 Å². The predicted molar refractivity (Wildman–Crippen MR) is 79.0 cm³/mol. The summed E-state index contributed by atoms with van der Waals surface area (Å²) >= 11 is 3.35. The maximum absolute atomic E-state index is 10.9. The molecule has 3 rings (SSSR count). The highest BCUT2D eigenvalue weighted by molar-refractivity contribution is 9.10. The molecule has 3 N–H and O–H groups in total. The normalized spacial score (nSPS) is 12.2. The predicted octanol–water partition coefficient (Wildman–Crippen LogP) is 2.97. The van der Waals surface area contributed by atoms with Gasteiger partial charge in [0.25, 0.3) is 0 Å². The minimum atomic E-state index is -0.914. The van der Waals surface area contributed by atoms with Gasteiger partial charge in [0.15, 0.2) is 0 Å². The van der Waals surface area contributed by atoms with E-state index in [0.29, 0.717) is 6.42 Å². The molecule has 0 unspecified atom stereocenters. The van der Waals surface area contributed by atoms with E-state index in [2.05, 4.69) is 26.2 Å². The average Bonchev–Trinajstić information content (AvgIpc) is 2.94. The SMILES string of the molecule is Cc1ccc(C(=O)O)[nH]1.O=C1Cc2cc(Br)ccc2N1. The monoisotopic (exact) mass is 336 g/mol. The number of fused-ring (bicyclic) bond motifs is 1. The molecule has 2 heterocycles. The second-order valence-electron chi connectivity index (χ2n) is 4.39. The number of carbonyl (C=O) groups excluding carboxylic acids is 1. The van der Waals surface area contributed by atoms with Crippen LogP contribution in [0.15, 0.2) is 34.8 Å². The minimum Gasteiger partial charge on any atom is -0.477 e. The van der Waals surface area contributed by atoms with Crippen molar-refractivity contribution in [2.24, 2.45) is 0 Å². The van der Waals surface area contributed by atoms with E-state index in [1.165, 1.54) is 6.07 Å². The number of amides is 1. The molecule has 1 aromatic carbocycles. The Morgan fingerprint density at radius 3 is 2.60 bits per heavy atom. The number of halogens is 1. The second-order valence-corrected chi connectivity index (χ2v) is 5.30. The Kier molecular flexibility index (Phi) is 4.24. The zero-order chi connectivity index (χ0) is 14.7. The first-order valence-electron chi connectivity index (χ1n) is 5.93. The van der Waals surface area contributed by atoms with E-state index in [-0.39, 0.29) is 11.6 Å². The molecule has 6 heteroatoms. The van der Waals surface area contributed by atoms with Crippen molar-refractivity contribution in [2.45, 2.75) is 13.3 Å². The van der Waals surface area contributed by atoms with Crippen LogP contribution in [0.1, 0.15) is 21.7 Å². The summed E-state index contributed by atoms with van der Waals surface area (Å²) in [5, 5.41) is 11.1. The standard InChI is InChI=1S/C8H6BrNO.C6H7NO2/c9-6-1-2-7-5(3-6)4-8(11)10-7;1-4-2-3-5(7-4)6(8)9/h1-3H,4H2,(H,10,11);2-3,7H,1H3,(H,8,9). The molecule has 0 aliphatic carbocycles. The van der Waals surface area contributed by atoms with Crippen LogP contribution in [-0.2, 0) is 11.2 Å². The zero-order valence-electron chi connectivity index (χ0n) is 10.7. The zero-order valence-corrected chi connectivity index (χ0v) is 12.3. The number of aromatic amines is 1. The van der Waals surface area contributed by atoms with E-state index in [0.717, 1.165) is 21.4 Å². The largest absolute Gasteiger partial charge is 0.477 e. The Labute approximate surface area is 124 Å². The van der Waals surface area contributed by atoms with E-state index in [9.17, 15) is 9.59 Å². The molecule has 0 saturated heterocycles. The van der Waals surface area contributed by atoms with Gasteiger partial charge >= 0.3 is 5.97 Å². The Morgan fingerprint density at radius 1 is 1.30 bits per heavy atom. The van der Waals surface area contributed by atoms with E-state index in [1.54, 1.807) is 6.07 Å². The number of nitrogens with one attached hydrogen (secondary N) is 2. The molecule has 0 radical (unpaired) electrons. The van der Waals surface area contributed by atoms with Crippen LogP contribution in [-0.4, -0.2) is 22.0 Å². The third-order valence-electron chi connectivity index (χ3n) is 2.75. The van der Waals surface area contributed by atoms with Crippen LogP contribution in [0.25, 0.3) is 0 Å². The van der Waals surface area contributed by atoms with Crippen LogP contribution in [0.2, 0.25) is 0 Å². The van der Waals surface area contributed by atoms with Crippen molar-refractivity contribution in [2.75, 3.05) is 5.32 Å². The molecule has 2 aromatic rings. The van der Waals surface area contributed by atoms with Gasteiger partial charge in [-0.1, -0.05) is 15.9 Å². The van der Waals surface area contributed by atoms with E-state index < -0.39 is 5.97 Å². The number of aromatic nitrogens is 1. The quantitative estimate of drug-likeness (QED) is 0.748. The number of benzene rings is 1. The number of anilines is 1. The molecular weight excluding hydrogens is 324 g/mol. The Morgan fingerprint density at radius 2 is 2.05 bits per heavy atom. The third kappa shape index (κ3) is 3.48. The first-order chi connectivity index (χ1) is 9.45. The van der Waals surface area contributed by atoms with Crippen LogP contribution in [0.4, 0.5) is 5.69 Å². The summed E-state index contributed by atoms with van der Waals surface area (Å²) in [6.45, 7) is 1.81. The highest BCUT2D eigenvalue weighted by Crippen LogP contribution is 2.25. The molecule has 0 atom stereocenters. The van der Waals surface area contributed by atoms with Crippen molar-refractivity contribution >= 4 is 33.5 Å². The molecule has 1 aliphatic rings. The maximum atomic E-state index is 10.9. The number of aryl methyl sites for hydroxylation is 1. The van der Waals surface area contributed by atoms with Gasteiger partial charge in [0.2, 0.25) is 5.91 Å². The molecule has 1 aliphatic heterocycles. The van der Waals surface area contributed by atoms with Gasteiger partial charge in [0.05, 0.1) is 6.42 Å². The van der Waals surface area contributed by atoms with Crippen molar-refractivity contribution in [1.29, 1.82) is 0 Å². The second kappa shape index (κ2) is 5.92. The molecule has 1 amide bonds. The van der Waals surface area contributed by atoms with Gasteiger partial charge in [-0.15, -0.1) is 0 Å². The molecule has 0 bridgehead atoms. The number of carboxylic acids is 1. The number of carbonyl (C=O) groups is 2. The summed E-state index contributed by atoms with van der Waals surface area (Å²) in [4.78, 5) is 23.7.